The SMILES string of the molecule is CC(=O)N1CCOCC2(C1)CN(S(=O)(=O)C1CC1)CCO2. The minimum absolute atomic E-state index is 0.0364. The molecule has 0 aromatic carbocycles. The van der Waals surface area contributed by atoms with Crippen LogP contribution in [0.5, 0.6) is 0 Å². The molecule has 21 heavy (non-hydrogen) atoms. The number of hydrogen-bond acceptors (Lipinski definition) is 5. The van der Waals surface area contributed by atoms with Crippen molar-refractivity contribution >= 4 is 15.9 Å². The van der Waals surface area contributed by atoms with Crippen LogP contribution in [0.4, 0.5) is 0 Å². The van der Waals surface area contributed by atoms with Gasteiger partial charge in [0.1, 0.15) is 5.60 Å². The van der Waals surface area contributed by atoms with Crippen LogP contribution in [-0.2, 0) is 24.3 Å². The van der Waals surface area contributed by atoms with Crippen molar-refractivity contribution in [2.24, 2.45) is 0 Å². The molecule has 2 aliphatic heterocycles. The predicted octanol–water partition coefficient (Wildman–Crippen LogP) is -0.572. The molecule has 1 unspecified atom stereocenters. The second-order valence-corrected chi connectivity index (χ2v) is 8.32. The summed E-state index contributed by atoms with van der Waals surface area (Å²) in [6, 6.07) is 0. The maximum atomic E-state index is 12.4. The fourth-order valence-electron chi connectivity index (χ4n) is 2.96. The average Bonchev–Trinajstić information content (AvgIpc) is 3.26. The fourth-order valence-corrected chi connectivity index (χ4v) is 4.86. The summed E-state index contributed by atoms with van der Waals surface area (Å²) in [5, 5.41) is -0.219. The standard InChI is InChI=1S/C13H22N2O5S/c1-11(16)14-4-6-19-10-13(8-14)9-15(5-7-20-13)21(17,18)12-2-3-12/h12H,2-10H2,1H3. The summed E-state index contributed by atoms with van der Waals surface area (Å²) >= 11 is 0. The van der Waals surface area contributed by atoms with E-state index in [-0.39, 0.29) is 17.7 Å². The van der Waals surface area contributed by atoms with Crippen LogP contribution in [-0.4, -0.2) is 80.4 Å². The summed E-state index contributed by atoms with van der Waals surface area (Å²) in [6.45, 7) is 4.22. The van der Waals surface area contributed by atoms with Crippen molar-refractivity contribution in [1.82, 2.24) is 9.21 Å². The lowest BCUT2D eigenvalue weighted by atomic mass is 10.0. The van der Waals surface area contributed by atoms with Crippen LogP contribution in [0.2, 0.25) is 0 Å². The van der Waals surface area contributed by atoms with Gasteiger partial charge in [0, 0.05) is 26.6 Å². The van der Waals surface area contributed by atoms with Crippen molar-refractivity contribution in [1.29, 1.82) is 0 Å². The van der Waals surface area contributed by atoms with Gasteiger partial charge in [-0.2, -0.15) is 4.31 Å². The fraction of sp³-hybridized carbons (Fsp3) is 0.923. The van der Waals surface area contributed by atoms with Crippen LogP contribution in [0.15, 0.2) is 0 Å². The molecule has 1 spiro atoms. The van der Waals surface area contributed by atoms with E-state index in [0.29, 0.717) is 39.5 Å². The van der Waals surface area contributed by atoms with Crippen molar-refractivity contribution < 1.29 is 22.7 Å². The van der Waals surface area contributed by atoms with Crippen molar-refractivity contribution in [3.63, 3.8) is 0 Å². The summed E-state index contributed by atoms with van der Waals surface area (Å²) < 4.78 is 37.8. The topological polar surface area (TPSA) is 76.2 Å². The van der Waals surface area contributed by atoms with Gasteiger partial charge in [0.25, 0.3) is 0 Å². The quantitative estimate of drug-likeness (QED) is 0.681. The maximum absolute atomic E-state index is 12.4. The highest BCUT2D eigenvalue weighted by Gasteiger charge is 2.47. The van der Waals surface area contributed by atoms with Gasteiger partial charge in [0.05, 0.1) is 31.6 Å². The lowest BCUT2D eigenvalue weighted by Crippen LogP contribution is -2.60. The molecule has 3 rings (SSSR count). The zero-order valence-corrected chi connectivity index (χ0v) is 13.1. The number of hydrogen-bond donors (Lipinski definition) is 0. The van der Waals surface area contributed by atoms with E-state index in [0.717, 1.165) is 12.8 Å². The minimum atomic E-state index is -3.22. The molecule has 0 radical (unpaired) electrons. The number of morpholine rings is 1. The zero-order chi connectivity index (χ0) is 15.1. The third-order valence-electron chi connectivity index (χ3n) is 4.31. The van der Waals surface area contributed by atoms with Crippen molar-refractivity contribution in [3.8, 4) is 0 Å². The van der Waals surface area contributed by atoms with Gasteiger partial charge in [0.15, 0.2) is 0 Å². The molecule has 2 saturated heterocycles. The number of rotatable bonds is 2. The zero-order valence-electron chi connectivity index (χ0n) is 12.3. The van der Waals surface area contributed by atoms with Crippen LogP contribution in [0.1, 0.15) is 19.8 Å². The molecular formula is C13H22N2O5S. The highest BCUT2D eigenvalue weighted by molar-refractivity contribution is 7.90. The van der Waals surface area contributed by atoms with E-state index in [1.54, 1.807) is 4.90 Å². The van der Waals surface area contributed by atoms with Gasteiger partial charge in [-0.3, -0.25) is 4.79 Å². The number of carbonyl (C=O) groups is 1. The van der Waals surface area contributed by atoms with Crippen LogP contribution < -0.4 is 0 Å². The van der Waals surface area contributed by atoms with Crippen LogP contribution >= 0.6 is 0 Å². The van der Waals surface area contributed by atoms with Crippen molar-refractivity contribution in [2.75, 3.05) is 46.0 Å². The molecule has 1 saturated carbocycles. The van der Waals surface area contributed by atoms with E-state index in [4.69, 9.17) is 9.47 Å². The Morgan fingerprint density at radius 1 is 1.19 bits per heavy atom. The van der Waals surface area contributed by atoms with Crippen LogP contribution in [0.3, 0.4) is 0 Å². The Bertz CT molecular complexity index is 519. The Morgan fingerprint density at radius 2 is 1.95 bits per heavy atom. The molecule has 2 heterocycles. The van der Waals surface area contributed by atoms with E-state index >= 15 is 0 Å². The predicted molar refractivity (Wildman–Crippen MR) is 75.3 cm³/mol. The smallest absolute Gasteiger partial charge is 0.219 e. The number of amides is 1. The van der Waals surface area contributed by atoms with Crippen LogP contribution in [0, 0.1) is 0 Å². The van der Waals surface area contributed by atoms with E-state index in [2.05, 4.69) is 0 Å². The Hall–Kier alpha value is -0.700. The maximum Gasteiger partial charge on any atom is 0.219 e. The molecular weight excluding hydrogens is 296 g/mol. The Kier molecular flexibility index (Phi) is 3.98. The van der Waals surface area contributed by atoms with Gasteiger partial charge in [0.2, 0.25) is 15.9 Å². The average molecular weight is 318 g/mol. The van der Waals surface area contributed by atoms with Gasteiger partial charge >= 0.3 is 0 Å². The summed E-state index contributed by atoms with van der Waals surface area (Å²) in [5.41, 5.74) is -0.734. The normalized spacial score (nSPS) is 32.1. The van der Waals surface area contributed by atoms with E-state index in [1.165, 1.54) is 11.2 Å². The van der Waals surface area contributed by atoms with Gasteiger partial charge in [-0.25, -0.2) is 8.42 Å². The van der Waals surface area contributed by atoms with E-state index < -0.39 is 15.6 Å². The number of sulfonamides is 1. The molecule has 1 atom stereocenters. The second-order valence-electron chi connectivity index (χ2n) is 6.10. The van der Waals surface area contributed by atoms with Crippen molar-refractivity contribution in [2.45, 2.75) is 30.6 Å². The van der Waals surface area contributed by atoms with Gasteiger partial charge in [-0.15, -0.1) is 0 Å². The molecule has 0 aromatic rings. The Balaban J connectivity index is 1.78. The van der Waals surface area contributed by atoms with Gasteiger partial charge < -0.3 is 14.4 Å². The lowest BCUT2D eigenvalue weighted by Gasteiger charge is -2.42. The molecule has 120 valence electrons. The first-order valence-corrected chi connectivity index (χ1v) is 8.89. The molecule has 1 aliphatic carbocycles. The number of ether oxygens (including phenoxy) is 2. The molecule has 8 heteroatoms. The van der Waals surface area contributed by atoms with Gasteiger partial charge in [-0.05, 0) is 12.8 Å². The molecule has 0 N–H and O–H groups in total. The summed E-state index contributed by atoms with van der Waals surface area (Å²) in [7, 11) is -3.22. The summed E-state index contributed by atoms with van der Waals surface area (Å²) in [4.78, 5) is 13.3. The number of nitrogens with zero attached hydrogens (tertiary/aromatic N) is 2. The Morgan fingerprint density at radius 3 is 2.62 bits per heavy atom. The van der Waals surface area contributed by atoms with E-state index in [9.17, 15) is 13.2 Å². The molecule has 3 fully saturated rings. The lowest BCUT2D eigenvalue weighted by molar-refractivity contribution is -0.142. The molecule has 1 amide bonds. The molecule has 7 nitrogen and oxygen atoms in total. The number of carbonyl (C=O) groups excluding carboxylic acids is 1. The minimum Gasteiger partial charge on any atom is -0.376 e. The first-order chi connectivity index (χ1) is 9.93. The van der Waals surface area contributed by atoms with E-state index in [1.807, 2.05) is 0 Å². The Labute approximate surface area is 125 Å². The highest BCUT2D eigenvalue weighted by atomic mass is 32.2. The molecule has 3 aliphatic rings. The highest BCUT2D eigenvalue weighted by Crippen LogP contribution is 2.33. The second kappa shape index (κ2) is 5.49. The molecule has 0 aromatic heterocycles. The van der Waals surface area contributed by atoms with Crippen molar-refractivity contribution in [3.05, 3.63) is 0 Å². The summed E-state index contributed by atoms with van der Waals surface area (Å²) in [5.74, 6) is -0.0364. The van der Waals surface area contributed by atoms with Gasteiger partial charge in [-0.1, -0.05) is 0 Å². The largest absolute Gasteiger partial charge is 0.376 e. The van der Waals surface area contributed by atoms with Crippen LogP contribution in [0.25, 0.3) is 0 Å². The first-order valence-electron chi connectivity index (χ1n) is 7.39. The summed E-state index contributed by atoms with van der Waals surface area (Å²) in [6.07, 6.45) is 1.51. The molecule has 0 bridgehead atoms. The third kappa shape index (κ3) is 3.08. The third-order valence-corrected chi connectivity index (χ3v) is 6.66. The monoisotopic (exact) mass is 318 g/mol. The first kappa shape index (κ1) is 15.2.